The van der Waals surface area contributed by atoms with E-state index in [0.29, 0.717) is 13.0 Å². The summed E-state index contributed by atoms with van der Waals surface area (Å²) in [6, 6.07) is 0. The molecule has 4 saturated carbocycles. The highest BCUT2D eigenvalue weighted by atomic mass is 32.1. The molecule has 1 aliphatic heterocycles. The van der Waals surface area contributed by atoms with Gasteiger partial charge in [-0.2, -0.15) is 0 Å². The van der Waals surface area contributed by atoms with Crippen LogP contribution in [0, 0.1) is 30.1 Å². The third kappa shape index (κ3) is 4.68. The van der Waals surface area contributed by atoms with E-state index in [9.17, 15) is 9.59 Å². The van der Waals surface area contributed by atoms with Crippen molar-refractivity contribution in [2.45, 2.75) is 64.8 Å². The summed E-state index contributed by atoms with van der Waals surface area (Å²) >= 11 is 1.70. The van der Waals surface area contributed by atoms with Crippen molar-refractivity contribution in [3.63, 3.8) is 0 Å². The van der Waals surface area contributed by atoms with Gasteiger partial charge in [-0.15, -0.1) is 11.3 Å². The Kier molecular flexibility index (Phi) is 6.08. The van der Waals surface area contributed by atoms with Crippen LogP contribution in [0.1, 0.15) is 62.1 Å². The van der Waals surface area contributed by atoms with Crippen LogP contribution in [0.4, 0.5) is 0 Å². The second-order valence-corrected chi connectivity index (χ2v) is 11.6. The van der Waals surface area contributed by atoms with E-state index in [1.165, 1.54) is 19.3 Å². The Morgan fingerprint density at radius 1 is 1.10 bits per heavy atom. The fraction of sp³-hybridized carbons (Fsp3) is 0.792. The zero-order valence-electron chi connectivity index (χ0n) is 18.8. The van der Waals surface area contributed by atoms with E-state index >= 15 is 0 Å². The predicted octanol–water partition coefficient (Wildman–Crippen LogP) is 3.21. The molecule has 7 heteroatoms. The van der Waals surface area contributed by atoms with E-state index < -0.39 is 0 Å². The van der Waals surface area contributed by atoms with Gasteiger partial charge in [-0.3, -0.25) is 14.5 Å². The van der Waals surface area contributed by atoms with Crippen LogP contribution < -0.4 is 5.32 Å². The lowest BCUT2D eigenvalue weighted by Crippen LogP contribution is -2.53. The van der Waals surface area contributed by atoms with Crippen molar-refractivity contribution >= 4 is 23.2 Å². The predicted molar refractivity (Wildman–Crippen MR) is 122 cm³/mol. The topological polar surface area (TPSA) is 65.5 Å². The van der Waals surface area contributed by atoms with E-state index in [1.54, 1.807) is 11.3 Å². The number of aryl methyl sites for hydroxylation is 1. The van der Waals surface area contributed by atoms with Crippen LogP contribution in [-0.2, 0) is 16.1 Å². The number of amides is 2. The van der Waals surface area contributed by atoms with Gasteiger partial charge in [-0.05, 0) is 69.6 Å². The van der Waals surface area contributed by atoms with E-state index in [2.05, 4.69) is 20.6 Å². The molecule has 31 heavy (non-hydrogen) atoms. The zero-order chi connectivity index (χ0) is 21.4. The first-order chi connectivity index (χ1) is 15.0. The molecule has 5 fully saturated rings. The Morgan fingerprint density at radius 2 is 1.81 bits per heavy atom. The molecule has 4 aliphatic carbocycles. The summed E-state index contributed by atoms with van der Waals surface area (Å²) in [6.45, 7) is 6.87. The fourth-order valence-corrected chi connectivity index (χ4v) is 7.71. The SMILES string of the molecule is Cc1nc(CN2CCCN(C(=O)CCNC(=O)C34CC5CC(CC(C5)C3)C4)CC2)cs1. The van der Waals surface area contributed by atoms with Crippen molar-refractivity contribution in [3.8, 4) is 0 Å². The second kappa shape index (κ2) is 8.81. The first-order valence-corrected chi connectivity index (χ1v) is 13.1. The van der Waals surface area contributed by atoms with Crippen molar-refractivity contribution in [3.05, 3.63) is 16.1 Å². The molecule has 0 radical (unpaired) electrons. The summed E-state index contributed by atoms with van der Waals surface area (Å²) in [4.78, 5) is 34.8. The Morgan fingerprint density at radius 3 is 2.45 bits per heavy atom. The molecule has 2 amide bonds. The minimum absolute atomic E-state index is 0.116. The summed E-state index contributed by atoms with van der Waals surface area (Å²) in [5, 5.41) is 6.41. The maximum absolute atomic E-state index is 13.1. The molecule has 1 N–H and O–H groups in total. The number of nitrogens with zero attached hydrogens (tertiary/aromatic N) is 3. The molecule has 0 atom stereocenters. The first-order valence-electron chi connectivity index (χ1n) is 12.2. The maximum Gasteiger partial charge on any atom is 0.226 e. The van der Waals surface area contributed by atoms with Gasteiger partial charge in [0.15, 0.2) is 0 Å². The number of carbonyl (C=O) groups is 2. The molecule has 1 saturated heterocycles. The molecule has 1 aromatic rings. The number of carbonyl (C=O) groups excluding carboxylic acids is 2. The normalized spacial score (nSPS) is 32.8. The third-order valence-electron chi connectivity index (χ3n) is 8.14. The molecule has 0 aromatic carbocycles. The number of rotatable bonds is 6. The van der Waals surface area contributed by atoms with E-state index in [4.69, 9.17) is 0 Å². The van der Waals surface area contributed by atoms with Crippen LogP contribution in [0.5, 0.6) is 0 Å². The number of aromatic nitrogens is 1. The van der Waals surface area contributed by atoms with Crippen LogP contribution in [0.25, 0.3) is 0 Å². The number of thiazole rings is 1. The highest BCUT2D eigenvalue weighted by Gasteiger charge is 2.54. The van der Waals surface area contributed by atoms with E-state index in [0.717, 1.165) is 86.9 Å². The molecule has 0 unspecified atom stereocenters. The van der Waals surface area contributed by atoms with Gasteiger partial charge in [-0.25, -0.2) is 4.98 Å². The average molecular weight is 445 g/mol. The molecule has 5 aliphatic rings. The summed E-state index contributed by atoms with van der Waals surface area (Å²) in [5.41, 5.74) is 1.02. The van der Waals surface area contributed by atoms with Crippen molar-refractivity contribution in [1.82, 2.24) is 20.1 Å². The Balaban J connectivity index is 1.07. The van der Waals surface area contributed by atoms with Crippen LogP contribution in [0.3, 0.4) is 0 Å². The molecule has 170 valence electrons. The van der Waals surface area contributed by atoms with Gasteiger partial charge in [0.2, 0.25) is 11.8 Å². The van der Waals surface area contributed by atoms with E-state index in [1.807, 2.05) is 11.8 Å². The molecule has 6 nitrogen and oxygen atoms in total. The molecular weight excluding hydrogens is 408 g/mol. The van der Waals surface area contributed by atoms with Crippen molar-refractivity contribution in [1.29, 1.82) is 0 Å². The van der Waals surface area contributed by atoms with Gasteiger partial charge >= 0.3 is 0 Å². The van der Waals surface area contributed by atoms with Crippen molar-refractivity contribution < 1.29 is 9.59 Å². The number of hydrogen-bond donors (Lipinski definition) is 1. The van der Waals surface area contributed by atoms with E-state index in [-0.39, 0.29) is 17.2 Å². The van der Waals surface area contributed by atoms with Crippen LogP contribution >= 0.6 is 11.3 Å². The summed E-state index contributed by atoms with van der Waals surface area (Å²) in [6.07, 6.45) is 8.70. The van der Waals surface area contributed by atoms with Gasteiger partial charge in [0, 0.05) is 56.5 Å². The molecule has 6 rings (SSSR count). The summed E-state index contributed by atoms with van der Waals surface area (Å²) < 4.78 is 0. The lowest BCUT2D eigenvalue weighted by Gasteiger charge is -2.55. The second-order valence-electron chi connectivity index (χ2n) is 10.6. The molecule has 2 heterocycles. The minimum Gasteiger partial charge on any atom is -0.355 e. The molecular formula is C24H36N4O2S. The third-order valence-corrected chi connectivity index (χ3v) is 8.96. The Bertz CT molecular complexity index is 787. The fourth-order valence-electron chi connectivity index (χ4n) is 7.11. The van der Waals surface area contributed by atoms with Gasteiger partial charge in [0.25, 0.3) is 0 Å². The molecule has 1 aromatic heterocycles. The Hall–Kier alpha value is -1.47. The van der Waals surface area contributed by atoms with Crippen LogP contribution in [0.15, 0.2) is 5.38 Å². The van der Waals surface area contributed by atoms with Gasteiger partial charge in [0.05, 0.1) is 10.7 Å². The maximum atomic E-state index is 13.1. The van der Waals surface area contributed by atoms with Crippen molar-refractivity contribution in [2.75, 3.05) is 32.7 Å². The monoisotopic (exact) mass is 444 g/mol. The van der Waals surface area contributed by atoms with Crippen LogP contribution in [-0.4, -0.2) is 59.3 Å². The summed E-state index contributed by atoms with van der Waals surface area (Å²) in [5.74, 6) is 2.72. The lowest BCUT2D eigenvalue weighted by molar-refractivity contribution is -0.146. The Labute approximate surface area is 189 Å². The minimum atomic E-state index is -0.116. The van der Waals surface area contributed by atoms with Crippen LogP contribution in [0.2, 0.25) is 0 Å². The zero-order valence-corrected chi connectivity index (χ0v) is 19.6. The quantitative estimate of drug-likeness (QED) is 0.732. The largest absolute Gasteiger partial charge is 0.355 e. The standard InChI is InChI=1S/C24H36N4O2S/c1-17-26-21(16-31-17)15-27-5-2-6-28(8-7-27)22(29)3-4-25-23(30)24-12-18-9-19(13-24)11-20(10-18)14-24/h16,18-20H,2-15H2,1H3,(H,25,30). The highest BCUT2D eigenvalue weighted by molar-refractivity contribution is 7.09. The summed E-state index contributed by atoms with van der Waals surface area (Å²) in [7, 11) is 0. The van der Waals surface area contributed by atoms with Gasteiger partial charge in [-0.1, -0.05) is 0 Å². The number of nitrogens with one attached hydrogen (secondary N) is 1. The first kappa shape index (κ1) is 21.4. The van der Waals surface area contributed by atoms with Gasteiger partial charge < -0.3 is 10.2 Å². The lowest BCUT2D eigenvalue weighted by atomic mass is 9.49. The molecule has 4 bridgehead atoms. The average Bonchev–Trinajstić information content (AvgIpc) is 2.99. The molecule has 0 spiro atoms. The van der Waals surface area contributed by atoms with Gasteiger partial charge in [0.1, 0.15) is 0 Å². The smallest absolute Gasteiger partial charge is 0.226 e. The highest BCUT2D eigenvalue weighted by Crippen LogP contribution is 2.60. The van der Waals surface area contributed by atoms with Crippen molar-refractivity contribution in [2.24, 2.45) is 23.2 Å². The number of hydrogen-bond acceptors (Lipinski definition) is 5.